The number of amides is 3. The molecule has 5 aromatic rings. The lowest BCUT2D eigenvalue weighted by Crippen LogP contribution is -2.30. The lowest BCUT2D eigenvalue weighted by molar-refractivity contribution is -0.116. The van der Waals surface area contributed by atoms with Crippen LogP contribution in [0, 0.1) is 6.92 Å². The lowest BCUT2D eigenvalue weighted by Gasteiger charge is -2.16. The molecule has 43 heavy (non-hydrogen) atoms. The van der Waals surface area contributed by atoms with E-state index in [2.05, 4.69) is 20.9 Å². The molecule has 0 fully saturated rings. The standard InChI is InChI=1S/C35H32N4O3S/c1-3-32(35(42)38-28-17-16-25-18-19-36-30(25)22-28)43-29-11-7-10-27(21-29)37-34(41)31(20-24-14-12-23(2)13-15-24)39-33(40)26-8-5-4-6-9-26/h4-22,32,36H,3H2,1-2H3,(H,37,41)(H,38,42)(H,39,40)/b31-20-. The molecule has 0 aliphatic carbocycles. The van der Waals surface area contributed by atoms with Crippen LogP contribution in [0.3, 0.4) is 0 Å². The Bertz CT molecular complexity index is 1780. The van der Waals surface area contributed by atoms with E-state index in [-0.39, 0.29) is 22.8 Å². The van der Waals surface area contributed by atoms with E-state index < -0.39 is 5.91 Å². The third-order valence-electron chi connectivity index (χ3n) is 6.77. The minimum atomic E-state index is -0.462. The first-order valence-electron chi connectivity index (χ1n) is 14.0. The van der Waals surface area contributed by atoms with E-state index in [0.29, 0.717) is 17.7 Å². The molecule has 4 aromatic carbocycles. The fourth-order valence-corrected chi connectivity index (χ4v) is 5.47. The van der Waals surface area contributed by atoms with Crippen LogP contribution in [0.4, 0.5) is 11.4 Å². The van der Waals surface area contributed by atoms with Gasteiger partial charge in [0, 0.05) is 33.5 Å². The highest BCUT2D eigenvalue weighted by Crippen LogP contribution is 2.29. The van der Waals surface area contributed by atoms with Crippen LogP contribution in [0.5, 0.6) is 0 Å². The zero-order valence-corrected chi connectivity index (χ0v) is 24.7. The van der Waals surface area contributed by atoms with Gasteiger partial charge < -0.3 is 20.9 Å². The molecule has 0 bridgehead atoms. The second-order valence-electron chi connectivity index (χ2n) is 10.1. The first-order chi connectivity index (χ1) is 20.9. The summed E-state index contributed by atoms with van der Waals surface area (Å²) in [5, 5.41) is 9.43. The van der Waals surface area contributed by atoms with Crippen molar-refractivity contribution < 1.29 is 14.4 Å². The lowest BCUT2D eigenvalue weighted by atomic mass is 10.1. The van der Waals surface area contributed by atoms with Crippen LogP contribution < -0.4 is 16.0 Å². The summed E-state index contributed by atoms with van der Waals surface area (Å²) in [6.45, 7) is 3.95. The maximum Gasteiger partial charge on any atom is 0.272 e. The van der Waals surface area contributed by atoms with Gasteiger partial charge in [-0.15, -0.1) is 11.8 Å². The SMILES string of the molecule is CCC(Sc1cccc(NC(=O)/C(=C/c2ccc(C)cc2)NC(=O)c2ccccc2)c1)C(=O)Nc1ccc2cc[nH]c2c1. The number of fused-ring (bicyclic) bond motifs is 1. The van der Waals surface area contributed by atoms with Crippen molar-refractivity contribution in [2.24, 2.45) is 0 Å². The number of nitrogens with one attached hydrogen (secondary N) is 4. The number of aryl methyl sites for hydroxylation is 1. The zero-order chi connectivity index (χ0) is 30.2. The van der Waals surface area contributed by atoms with Crippen LogP contribution in [0.2, 0.25) is 0 Å². The first-order valence-corrected chi connectivity index (χ1v) is 14.9. The molecule has 0 saturated heterocycles. The molecule has 0 radical (unpaired) electrons. The van der Waals surface area contributed by atoms with Crippen molar-refractivity contribution in [2.45, 2.75) is 30.4 Å². The molecule has 1 aromatic heterocycles. The van der Waals surface area contributed by atoms with Gasteiger partial charge in [0.2, 0.25) is 5.91 Å². The van der Waals surface area contributed by atoms with Crippen molar-refractivity contribution in [3.63, 3.8) is 0 Å². The summed E-state index contributed by atoms with van der Waals surface area (Å²) in [4.78, 5) is 43.5. The number of rotatable bonds is 10. The van der Waals surface area contributed by atoms with Gasteiger partial charge in [-0.3, -0.25) is 14.4 Å². The van der Waals surface area contributed by atoms with E-state index in [1.807, 2.05) is 92.8 Å². The predicted octanol–water partition coefficient (Wildman–Crippen LogP) is 7.40. The van der Waals surface area contributed by atoms with Crippen molar-refractivity contribution in [3.8, 4) is 0 Å². The predicted molar refractivity (Wildman–Crippen MR) is 175 cm³/mol. The van der Waals surface area contributed by atoms with E-state index in [1.54, 1.807) is 36.4 Å². The topological polar surface area (TPSA) is 103 Å². The van der Waals surface area contributed by atoms with Crippen molar-refractivity contribution in [1.29, 1.82) is 0 Å². The number of carbonyl (C=O) groups is 3. The highest BCUT2D eigenvalue weighted by Gasteiger charge is 2.20. The molecule has 8 heteroatoms. The Morgan fingerprint density at radius 3 is 2.37 bits per heavy atom. The second kappa shape index (κ2) is 13.7. The Kier molecular flexibility index (Phi) is 9.39. The summed E-state index contributed by atoms with van der Waals surface area (Å²) >= 11 is 1.43. The molecule has 0 spiro atoms. The fourth-order valence-electron chi connectivity index (χ4n) is 4.45. The molecule has 3 amide bonds. The summed E-state index contributed by atoms with van der Waals surface area (Å²) in [5.41, 5.74) is 4.65. The normalized spacial score (nSPS) is 12.0. The Labute approximate surface area is 254 Å². The Morgan fingerprint density at radius 2 is 1.60 bits per heavy atom. The van der Waals surface area contributed by atoms with Gasteiger partial charge in [0.25, 0.3) is 11.8 Å². The van der Waals surface area contributed by atoms with Crippen LogP contribution in [0.15, 0.2) is 120 Å². The number of benzene rings is 4. The number of aromatic amines is 1. The van der Waals surface area contributed by atoms with E-state index in [0.717, 1.165) is 32.6 Å². The molecule has 1 heterocycles. The van der Waals surface area contributed by atoms with Crippen LogP contribution in [0.25, 0.3) is 17.0 Å². The Balaban J connectivity index is 1.29. The molecular formula is C35H32N4O3S. The van der Waals surface area contributed by atoms with Crippen molar-refractivity contribution in [2.75, 3.05) is 10.6 Å². The summed E-state index contributed by atoms with van der Waals surface area (Å²) < 4.78 is 0. The number of hydrogen-bond donors (Lipinski definition) is 4. The van der Waals surface area contributed by atoms with Crippen LogP contribution in [-0.2, 0) is 9.59 Å². The minimum absolute atomic E-state index is 0.0974. The number of H-pyrrole nitrogens is 1. The monoisotopic (exact) mass is 588 g/mol. The second-order valence-corrected chi connectivity index (χ2v) is 11.3. The molecule has 0 saturated carbocycles. The molecule has 1 atom stereocenters. The summed E-state index contributed by atoms with van der Waals surface area (Å²) in [6.07, 6.45) is 4.13. The van der Waals surface area contributed by atoms with Gasteiger partial charge in [-0.2, -0.15) is 0 Å². The Hall–Kier alpha value is -5.08. The van der Waals surface area contributed by atoms with Crippen LogP contribution >= 0.6 is 11.8 Å². The van der Waals surface area contributed by atoms with Crippen molar-refractivity contribution in [1.82, 2.24) is 10.3 Å². The van der Waals surface area contributed by atoms with Crippen molar-refractivity contribution >= 4 is 57.8 Å². The third-order valence-corrected chi connectivity index (χ3v) is 8.13. The first kappa shape index (κ1) is 29.4. The van der Waals surface area contributed by atoms with E-state index in [4.69, 9.17) is 0 Å². The largest absolute Gasteiger partial charge is 0.361 e. The molecule has 1 unspecified atom stereocenters. The molecule has 216 valence electrons. The number of carbonyl (C=O) groups excluding carboxylic acids is 3. The van der Waals surface area contributed by atoms with E-state index in [9.17, 15) is 14.4 Å². The molecule has 0 aliphatic heterocycles. The fraction of sp³-hybridized carbons (Fsp3) is 0.114. The average Bonchev–Trinajstić information content (AvgIpc) is 3.49. The van der Waals surface area contributed by atoms with Gasteiger partial charge in [0.05, 0.1) is 5.25 Å². The molecule has 7 nitrogen and oxygen atoms in total. The molecule has 5 rings (SSSR count). The Morgan fingerprint density at radius 1 is 0.837 bits per heavy atom. The van der Waals surface area contributed by atoms with Gasteiger partial charge in [-0.25, -0.2) is 0 Å². The maximum absolute atomic E-state index is 13.5. The number of anilines is 2. The number of aromatic nitrogens is 1. The zero-order valence-electron chi connectivity index (χ0n) is 23.9. The maximum atomic E-state index is 13.5. The molecule has 0 aliphatic rings. The van der Waals surface area contributed by atoms with Gasteiger partial charge in [-0.1, -0.05) is 67.1 Å². The van der Waals surface area contributed by atoms with Crippen molar-refractivity contribution in [3.05, 3.63) is 132 Å². The van der Waals surface area contributed by atoms with Gasteiger partial charge in [0.1, 0.15) is 5.70 Å². The van der Waals surface area contributed by atoms with E-state index in [1.165, 1.54) is 11.8 Å². The minimum Gasteiger partial charge on any atom is -0.361 e. The molecular weight excluding hydrogens is 556 g/mol. The highest BCUT2D eigenvalue weighted by molar-refractivity contribution is 8.00. The van der Waals surface area contributed by atoms with E-state index >= 15 is 0 Å². The van der Waals surface area contributed by atoms with Gasteiger partial charge in [0.15, 0.2) is 0 Å². The summed E-state index contributed by atoms with van der Waals surface area (Å²) in [6, 6.07) is 31.5. The highest BCUT2D eigenvalue weighted by atomic mass is 32.2. The average molecular weight is 589 g/mol. The van der Waals surface area contributed by atoms with Gasteiger partial charge >= 0.3 is 0 Å². The summed E-state index contributed by atoms with van der Waals surface area (Å²) in [5.74, 6) is -0.943. The van der Waals surface area contributed by atoms with Crippen LogP contribution in [0.1, 0.15) is 34.8 Å². The van der Waals surface area contributed by atoms with Crippen LogP contribution in [-0.4, -0.2) is 28.0 Å². The smallest absolute Gasteiger partial charge is 0.272 e. The molecule has 4 N–H and O–H groups in total. The van der Waals surface area contributed by atoms with Gasteiger partial charge in [-0.05, 0) is 78.9 Å². The summed E-state index contributed by atoms with van der Waals surface area (Å²) in [7, 11) is 0. The third kappa shape index (κ3) is 7.81. The number of hydrogen-bond acceptors (Lipinski definition) is 4. The number of thioether (sulfide) groups is 1. The quantitative estimate of drug-likeness (QED) is 0.101.